The zero-order valence-corrected chi connectivity index (χ0v) is 18.3. The number of carboxylic acids is 1. The first-order chi connectivity index (χ1) is 15.8. The maximum absolute atomic E-state index is 12.9. The van der Waals surface area contributed by atoms with E-state index >= 15 is 0 Å². The zero-order chi connectivity index (χ0) is 23.7. The molecule has 0 bridgehead atoms. The Labute approximate surface area is 189 Å². The fourth-order valence-corrected chi connectivity index (χ4v) is 4.16. The summed E-state index contributed by atoms with van der Waals surface area (Å²) in [6, 6.07) is 8.36. The minimum atomic E-state index is -1.30. The lowest BCUT2D eigenvalue weighted by molar-refractivity contribution is -0.117. The maximum Gasteiger partial charge on any atom is 0.357 e. The molecule has 0 aliphatic carbocycles. The van der Waals surface area contributed by atoms with Gasteiger partial charge in [-0.2, -0.15) is 10.4 Å². The highest BCUT2D eigenvalue weighted by Crippen LogP contribution is 2.28. The van der Waals surface area contributed by atoms with Crippen LogP contribution in [0.4, 0.5) is 5.82 Å². The van der Waals surface area contributed by atoms with Crippen molar-refractivity contribution in [2.75, 3.05) is 11.9 Å². The molecule has 4 rings (SSSR count). The van der Waals surface area contributed by atoms with Gasteiger partial charge in [-0.3, -0.25) is 9.59 Å². The summed E-state index contributed by atoms with van der Waals surface area (Å²) < 4.78 is 8.40. The molecule has 2 aromatic heterocycles. The van der Waals surface area contributed by atoms with Crippen LogP contribution in [0.5, 0.6) is 0 Å². The number of nitrogens with zero attached hydrogens (tertiary/aromatic N) is 4. The average molecular weight is 449 g/mol. The Kier molecular flexibility index (Phi) is 5.98. The van der Waals surface area contributed by atoms with E-state index in [1.165, 1.54) is 12.1 Å². The van der Waals surface area contributed by atoms with Crippen molar-refractivity contribution in [3.8, 4) is 6.07 Å². The molecule has 1 unspecified atom stereocenters. The fourth-order valence-electron chi connectivity index (χ4n) is 4.16. The van der Waals surface area contributed by atoms with Gasteiger partial charge < -0.3 is 19.7 Å². The first-order valence-corrected chi connectivity index (χ1v) is 10.6. The van der Waals surface area contributed by atoms with Crippen molar-refractivity contribution in [2.45, 2.75) is 45.9 Å². The molecule has 1 aliphatic rings. The van der Waals surface area contributed by atoms with E-state index in [0.29, 0.717) is 24.5 Å². The number of benzene rings is 1. The Morgan fingerprint density at radius 1 is 1.30 bits per heavy atom. The molecule has 10 heteroatoms. The highest BCUT2D eigenvalue weighted by Gasteiger charge is 2.24. The van der Waals surface area contributed by atoms with Crippen LogP contribution in [0.25, 0.3) is 10.8 Å². The van der Waals surface area contributed by atoms with Crippen LogP contribution in [0.15, 0.2) is 29.1 Å². The zero-order valence-electron chi connectivity index (χ0n) is 18.3. The lowest BCUT2D eigenvalue weighted by Gasteiger charge is -2.17. The van der Waals surface area contributed by atoms with Gasteiger partial charge in [-0.05, 0) is 38.3 Å². The van der Waals surface area contributed by atoms with Crippen molar-refractivity contribution in [2.24, 2.45) is 0 Å². The molecule has 33 heavy (non-hydrogen) atoms. The second kappa shape index (κ2) is 8.88. The number of amides is 1. The SMILES string of the molecule is Cc1c(C#N)c(NC(=O)Cn2nc(C(=O)O)c3ccccc3c2=O)n(CC2CCCO2)c1C. The predicted octanol–water partition coefficient (Wildman–Crippen LogP) is 2.20. The Bertz CT molecular complexity index is 1360. The Morgan fingerprint density at radius 3 is 2.67 bits per heavy atom. The van der Waals surface area contributed by atoms with Crippen molar-refractivity contribution in [3.63, 3.8) is 0 Å². The summed E-state index contributed by atoms with van der Waals surface area (Å²) in [6.45, 7) is 4.35. The highest BCUT2D eigenvalue weighted by atomic mass is 16.5. The van der Waals surface area contributed by atoms with E-state index in [1.54, 1.807) is 12.1 Å². The molecule has 2 N–H and O–H groups in total. The van der Waals surface area contributed by atoms with Gasteiger partial charge in [0, 0.05) is 17.7 Å². The molecule has 0 saturated carbocycles. The molecule has 170 valence electrons. The van der Waals surface area contributed by atoms with Gasteiger partial charge in [0.2, 0.25) is 5.91 Å². The quantitative estimate of drug-likeness (QED) is 0.588. The Balaban J connectivity index is 1.67. The van der Waals surface area contributed by atoms with Crippen LogP contribution in [0.1, 0.15) is 40.2 Å². The van der Waals surface area contributed by atoms with Crippen molar-refractivity contribution in [1.29, 1.82) is 5.26 Å². The van der Waals surface area contributed by atoms with E-state index in [-0.39, 0.29) is 22.6 Å². The van der Waals surface area contributed by atoms with Gasteiger partial charge in [-0.1, -0.05) is 18.2 Å². The van der Waals surface area contributed by atoms with E-state index in [0.717, 1.165) is 28.8 Å². The van der Waals surface area contributed by atoms with Gasteiger partial charge in [0.25, 0.3) is 5.56 Å². The molecule has 1 atom stereocenters. The number of nitriles is 1. The molecule has 3 aromatic rings. The molecule has 10 nitrogen and oxygen atoms in total. The number of anilines is 1. The molecule has 1 saturated heterocycles. The van der Waals surface area contributed by atoms with Gasteiger partial charge in [-0.25, -0.2) is 9.48 Å². The molecular formula is C23H23N5O5. The van der Waals surface area contributed by atoms with Gasteiger partial charge in [0.15, 0.2) is 5.69 Å². The van der Waals surface area contributed by atoms with E-state index in [4.69, 9.17) is 4.74 Å². The lowest BCUT2D eigenvalue weighted by atomic mass is 10.1. The number of carboxylic acid groups (broad SMARTS) is 1. The van der Waals surface area contributed by atoms with Gasteiger partial charge in [0.1, 0.15) is 18.4 Å². The van der Waals surface area contributed by atoms with Crippen molar-refractivity contribution in [3.05, 3.63) is 57.1 Å². The van der Waals surface area contributed by atoms with Gasteiger partial charge in [0.05, 0.1) is 23.6 Å². The van der Waals surface area contributed by atoms with Gasteiger partial charge in [-0.15, -0.1) is 0 Å². The molecule has 1 amide bonds. The summed E-state index contributed by atoms with van der Waals surface area (Å²) in [6.07, 6.45) is 1.83. The summed E-state index contributed by atoms with van der Waals surface area (Å²) in [5.74, 6) is -1.57. The number of hydrogen-bond donors (Lipinski definition) is 2. The molecule has 3 heterocycles. The number of hydrogen-bond acceptors (Lipinski definition) is 6. The first-order valence-electron chi connectivity index (χ1n) is 10.6. The normalized spacial score (nSPS) is 15.5. The average Bonchev–Trinajstić information content (AvgIpc) is 3.38. The summed E-state index contributed by atoms with van der Waals surface area (Å²) in [5, 5.41) is 26.2. The number of carbonyl (C=O) groups excluding carboxylic acids is 1. The number of nitrogens with one attached hydrogen (secondary N) is 1. The van der Waals surface area contributed by atoms with Crippen molar-refractivity contribution < 1.29 is 19.4 Å². The van der Waals surface area contributed by atoms with E-state index in [1.807, 2.05) is 18.4 Å². The monoisotopic (exact) mass is 449 g/mol. The summed E-state index contributed by atoms with van der Waals surface area (Å²) >= 11 is 0. The standard InChI is InChI=1S/C23H23N5O5/c1-13-14(2)27(11-15-6-5-9-33-15)21(18(13)10-24)25-19(29)12-28-22(30)17-8-4-3-7-16(17)20(26-28)23(31)32/h3-4,7-8,15H,5-6,9,11-12H2,1-2H3,(H,25,29)(H,31,32). The fraction of sp³-hybridized carbons (Fsp3) is 0.348. The minimum Gasteiger partial charge on any atom is -0.476 e. The lowest BCUT2D eigenvalue weighted by Crippen LogP contribution is -2.32. The molecule has 1 aromatic carbocycles. The van der Waals surface area contributed by atoms with Crippen LogP contribution < -0.4 is 10.9 Å². The number of ether oxygens (including phenoxy) is 1. The van der Waals surface area contributed by atoms with Crippen molar-refractivity contribution in [1.82, 2.24) is 14.3 Å². The van der Waals surface area contributed by atoms with Crippen LogP contribution in [0, 0.1) is 25.2 Å². The number of rotatable bonds is 6. The van der Waals surface area contributed by atoms with Crippen molar-refractivity contribution >= 4 is 28.5 Å². The highest BCUT2D eigenvalue weighted by molar-refractivity contribution is 6.01. The Hall–Kier alpha value is -3.97. The van der Waals surface area contributed by atoms with E-state index in [9.17, 15) is 24.8 Å². The predicted molar refractivity (Wildman–Crippen MR) is 119 cm³/mol. The third-order valence-electron chi connectivity index (χ3n) is 5.97. The Morgan fingerprint density at radius 2 is 2.03 bits per heavy atom. The number of aromatic carboxylic acids is 1. The minimum absolute atomic E-state index is 0.0133. The second-order valence-corrected chi connectivity index (χ2v) is 8.00. The number of carbonyl (C=O) groups is 2. The topological polar surface area (TPSA) is 139 Å². The summed E-state index contributed by atoms with van der Waals surface area (Å²) in [5.41, 5.74) is 1.04. The van der Waals surface area contributed by atoms with Gasteiger partial charge >= 0.3 is 5.97 Å². The molecule has 0 spiro atoms. The van der Waals surface area contributed by atoms with E-state index in [2.05, 4.69) is 16.5 Å². The number of fused-ring (bicyclic) bond motifs is 1. The summed E-state index contributed by atoms with van der Waals surface area (Å²) in [7, 11) is 0. The molecular weight excluding hydrogens is 426 g/mol. The second-order valence-electron chi connectivity index (χ2n) is 8.00. The van der Waals surface area contributed by atoms with E-state index < -0.39 is 24.0 Å². The third kappa shape index (κ3) is 4.10. The largest absolute Gasteiger partial charge is 0.476 e. The number of aromatic nitrogens is 3. The van der Waals surface area contributed by atoms with Crippen LogP contribution >= 0.6 is 0 Å². The van der Waals surface area contributed by atoms with Crippen LogP contribution in [-0.4, -0.2) is 44.0 Å². The molecule has 1 aliphatic heterocycles. The molecule has 1 fully saturated rings. The smallest absolute Gasteiger partial charge is 0.357 e. The third-order valence-corrected chi connectivity index (χ3v) is 5.97. The van der Waals surface area contributed by atoms with Crippen LogP contribution in [0.2, 0.25) is 0 Å². The van der Waals surface area contributed by atoms with Crippen LogP contribution in [-0.2, 0) is 22.6 Å². The van der Waals surface area contributed by atoms with Crippen LogP contribution in [0.3, 0.4) is 0 Å². The maximum atomic E-state index is 12.9. The summed E-state index contributed by atoms with van der Waals surface area (Å²) in [4.78, 5) is 37.4. The first kappa shape index (κ1) is 22.2. The molecule has 0 radical (unpaired) electrons.